The topological polar surface area (TPSA) is 76.4 Å². The second-order valence-electron chi connectivity index (χ2n) is 7.85. The number of piperidine rings is 1. The van der Waals surface area contributed by atoms with Crippen LogP contribution in [0.4, 0.5) is 4.79 Å². The summed E-state index contributed by atoms with van der Waals surface area (Å²) in [5.74, 6) is 0.853. The first-order valence-electron chi connectivity index (χ1n) is 10.1. The summed E-state index contributed by atoms with van der Waals surface area (Å²) in [6, 6.07) is 10.3. The minimum Gasteiger partial charge on any atom is -0.441 e. The number of nitrogens with zero attached hydrogens (tertiary/aromatic N) is 6. The smallest absolute Gasteiger partial charge is 0.410 e. The Morgan fingerprint density at radius 3 is 2.61 bits per heavy atom. The van der Waals surface area contributed by atoms with Crippen molar-refractivity contribution in [2.75, 3.05) is 32.7 Å². The molecule has 2 aliphatic rings. The maximum atomic E-state index is 12.4. The van der Waals surface area contributed by atoms with Crippen molar-refractivity contribution in [3.63, 3.8) is 0 Å². The van der Waals surface area contributed by atoms with Gasteiger partial charge in [0.2, 0.25) is 0 Å². The van der Waals surface area contributed by atoms with Crippen molar-refractivity contribution >= 4 is 6.09 Å². The number of likely N-dealkylation sites (tertiary alicyclic amines) is 1. The van der Waals surface area contributed by atoms with Gasteiger partial charge < -0.3 is 14.5 Å². The molecule has 1 aromatic heterocycles. The number of amides is 1. The van der Waals surface area contributed by atoms with Gasteiger partial charge in [-0.3, -0.25) is 0 Å². The number of rotatable bonds is 7. The van der Waals surface area contributed by atoms with E-state index >= 15 is 0 Å². The van der Waals surface area contributed by atoms with Gasteiger partial charge in [-0.1, -0.05) is 30.3 Å². The zero-order valence-electron chi connectivity index (χ0n) is 16.5. The Morgan fingerprint density at radius 1 is 1.11 bits per heavy atom. The molecule has 1 amide bonds. The van der Waals surface area contributed by atoms with Crippen molar-refractivity contribution in [2.24, 2.45) is 0 Å². The van der Waals surface area contributed by atoms with E-state index in [1.54, 1.807) is 0 Å². The number of ether oxygens (including phenoxy) is 1. The summed E-state index contributed by atoms with van der Waals surface area (Å²) in [4.78, 5) is 16.7. The van der Waals surface area contributed by atoms with Gasteiger partial charge in [0.15, 0.2) is 0 Å². The molecule has 28 heavy (non-hydrogen) atoms. The Balaban J connectivity index is 1.21. The average molecular weight is 384 g/mol. The molecule has 0 N–H and O–H groups in total. The Morgan fingerprint density at radius 2 is 1.89 bits per heavy atom. The van der Waals surface area contributed by atoms with Crippen molar-refractivity contribution in [3.8, 4) is 0 Å². The van der Waals surface area contributed by atoms with E-state index < -0.39 is 0 Å². The Bertz CT molecular complexity index is 785. The number of carbonyl (C=O) groups excluding carboxylic acids is 1. The molecule has 0 unspecified atom stereocenters. The number of hydrogen-bond acceptors (Lipinski definition) is 6. The molecule has 4 rings (SSSR count). The minimum absolute atomic E-state index is 0.154. The molecule has 150 valence electrons. The molecule has 3 heterocycles. The Kier molecular flexibility index (Phi) is 5.57. The first-order chi connectivity index (χ1) is 13.6. The van der Waals surface area contributed by atoms with Gasteiger partial charge in [-0.2, -0.15) is 0 Å². The molecule has 1 aromatic carbocycles. The summed E-state index contributed by atoms with van der Waals surface area (Å²) in [7, 11) is 0. The van der Waals surface area contributed by atoms with E-state index in [1.165, 1.54) is 5.56 Å². The van der Waals surface area contributed by atoms with Crippen LogP contribution in [0.1, 0.15) is 30.7 Å². The third-order valence-corrected chi connectivity index (χ3v) is 5.88. The average Bonchev–Trinajstić information content (AvgIpc) is 3.25. The highest BCUT2D eigenvalue weighted by atomic mass is 16.6. The number of carbonyl (C=O) groups is 1. The molecular formula is C20H28N6O2. The quantitative estimate of drug-likeness (QED) is 0.726. The predicted octanol–water partition coefficient (Wildman–Crippen LogP) is 1.90. The fraction of sp³-hybridized carbons (Fsp3) is 0.600. The van der Waals surface area contributed by atoms with Gasteiger partial charge in [0.25, 0.3) is 0 Å². The van der Waals surface area contributed by atoms with Crippen LogP contribution >= 0.6 is 0 Å². The molecule has 0 bridgehead atoms. The van der Waals surface area contributed by atoms with Crippen LogP contribution < -0.4 is 0 Å². The molecule has 8 nitrogen and oxygen atoms in total. The van der Waals surface area contributed by atoms with Crippen LogP contribution in [0.5, 0.6) is 0 Å². The predicted molar refractivity (Wildman–Crippen MR) is 104 cm³/mol. The highest BCUT2D eigenvalue weighted by molar-refractivity contribution is 5.70. The van der Waals surface area contributed by atoms with Crippen LogP contribution in [-0.2, 0) is 17.7 Å². The maximum Gasteiger partial charge on any atom is 0.410 e. The van der Waals surface area contributed by atoms with E-state index in [2.05, 4.69) is 32.6 Å². The van der Waals surface area contributed by atoms with Crippen LogP contribution in [0.2, 0.25) is 0 Å². The standard InChI is InChI=1S/C20H28N6O2/c1-17-21-22-23-26(17)12-5-11-24-14-9-20(10-15-24)16-25(19(27)28-20)13-8-18-6-3-2-4-7-18/h2-4,6-7H,5,8-16H2,1H3. The molecule has 0 atom stereocenters. The first kappa shape index (κ1) is 18.9. The van der Waals surface area contributed by atoms with Crippen LogP contribution in [0.15, 0.2) is 30.3 Å². The Labute approximate surface area is 165 Å². The van der Waals surface area contributed by atoms with Gasteiger partial charge in [-0.05, 0) is 42.3 Å². The minimum atomic E-state index is -0.295. The van der Waals surface area contributed by atoms with Gasteiger partial charge in [0.1, 0.15) is 11.4 Å². The van der Waals surface area contributed by atoms with Gasteiger partial charge in [0, 0.05) is 39.0 Å². The number of aromatic nitrogens is 4. The SMILES string of the molecule is Cc1nnnn1CCCN1CCC2(CC1)CN(CCc1ccccc1)C(=O)O2. The van der Waals surface area contributed by atoms with Crippen molar-refractivity contribution < 1.29 is 9.53 Å². The van der Waals surface area contributed by atoms with Crippen LogP contribution in [0.25, 0.3) is 0 Å². The third kappa shape index (κ3) is 4.32. The van der Waals surface area contributed by atoms with Gasteiger partial charge >= 0.3 is 6.09 Å². The number of tetrazole rings is 1. The lowest BCUT2D eigenvalue weighted by Crippen LogP contribution is -2.47. The number of hydrogen-bond donors (Lipinski definition) is 0. The lowest BCUT2D eigenvalue weighted by Gasteiger charge is -2.37. The van der Waals surface area contributed by atoms with Crippen LogP contribution in [0.3, 0.4) is 0 Å². The molecule has 0 radical (unpaired) electrons. The molecule has 1 spiro atoms. The molecule has 0 aliphatic carbocycles. The van der Waals surface area contributed by atoms with Crippen molar-refractivity contribution in [2.45, 2.75) is 44.8 Å². The summed E-state index contributed by atoms with van der Waals surface area (Å²) in [5.41, 5.74) is 0.959. The molecule has 2 aliphatic heterocycles. The highest BCUT2D eigenvalue weighted by Crippen LogP contribution is 2.33. The highest BCUT2D eigenvalue weighted by Gasteiger charge is 2.46. The maximum absolute atomic E-state index is 12.4. The van der Waals surface area contributed by atoms with Crippen molar-refractivity contribution in [3.05, 3.63) is 41.7 Å². The van der Waals surface area contributed by atoms with E-state index in [0.717, 1.165) is 70.8 Å². The second kappa shape index (κ2) is 8.26. The van der Waals surface area contributed by atoms with Crippen LogP contribution in [-0.4, -0.2) is 74.4 Å². The van der Waals surface area contributed by atoms with Gasteiger partial charge in [-0.15, -0.1) is 5.10 Å². The molecule has 0 saturated carbocycles. The van der Waals surface area contributed by atoms with Crippen molar-refractivity contribution in [1.29, 1.82) is 0 Å². The van der Waals surface area contributed by atoms with E-state index in [4.69, 9.17) is 4.74 Å². The lowest BCUT2D eigenvalue weighted by atomic mass is 9.91. The fourth-order valence-electron chi connectivity index (χ4n) is 4.12. The molecule has 2 saturated heterocycles. The fourth-order valence-corrected chi connectivity index (χ4v) is 4.12. The van der Waals surface area contributed by atoms with Crippen molar-refractivity contribution in [1.82, 2.24) is 30.0 Å². The molecule has 2 aromatic rings. The second-order valence-corrected chi connectivity index (χ2v) is 7.85. The number of benzene rings is 1. The largest absolute Gasteiger partial charge is 0.441 e. The van der Waals surface area contributed by atoms with E-state index in [-0.39, 0.29) is 11.7 Å². The van der Waals surface area contributed by atoms with E-state index in [1.807, 2.05) is 34.7 Å². The summed E-state index contributed by atoms with van der Waals surface area (Å²) in [6.07, 6.45) is 3.55. The van der Waals surface area contributed by atoms with Gasteiger partial charge in [-0.25, -0.2) is 9.48 Å². The summed E-state index contributed by atoms with van der Waals surface area (Å²) in [6.45, 7) is 7.14. The summed E-state index contributed by atoms with van der Waals surface area (Å²) >= 11 is 0. The molecule has 2 fully saturated rings. The van der Waals surface area contributed by atoms with Crippen LogP contribution in [0, 0.1) is 6.92 Å². The monoisotopic (exact) mass is 384 g/mol. The molecule has 8 heteroatoms. The van der Waals surface area contributed by atoms with Gasteiger partial charge in [0.05, 0.1) is 6.54 Å². The third-order valence-electron chi connectivity index (χ3n) is 5.88. The summed E-state index contributed by atoms with van der Waals surface area (Å²) in [5, 5.41) is 11.6. The Hall–Kier alpha value is -2.48. The zero-order valence-corrected chi connectivity index (χ0v) is 16.5. The lowest BCUT2D eigenvalue weighted by molar-refractivity contribution is 0.000272. The first-order valence-corrected chi connectivity index (χ1v) is 10.1. The molecular weight excluding hydrogens is 356 g/mol. The zero-order chi connectivity index (χ0) is 19.4. The summed E-state index contributed by atoms with van der Waals surface area (Å²) < 4.78 is 7.69. The van der Waals surface area contributed by atoms with E-state index in [9.17, 15) is 4.79 Å². The van der Waals surface area contributed by atoms with E-state index in [0.29, 0.717) is 0 Å². The normalized spacial score (nSPS) is 19.3. The number of aryl methyl sites for hydroxylation is 2.